The summed E-state index contributed by atoms with van der Waals surface area (Å²) in [6, 6.07) is 5.03. The van der Waals surface area contributed by atoms with Gasteiger partial charge in [0.25, 0.3) is 0 Å². The molecule has 5 heteroatoms. The lowest BCUT2D eigenvalue weighted by molar-refractivity contribution is 0.497. The number of pyridine rings is 1. The monoisotopic (exact) mass is 252 g/mol. The van der Waals surface area contributed by atoms with Gasteiger partial charge in [-0.25, -0.2) is 13.2 Å². The molecule has 1 aromatic carbocycles. The first kappa shape index (κ1) is 12.4. The van der Waals surface area contributed by atoms with Gasteiger partial charge >= 0.3 is 0 Å². The van der Waals surface area contributed by atoms with Crippen LogP contribution in [0, 0.1) is 24.4 Å². The molecule has 0 bridgehead atoms. The van der Waals surface area contributed by atoms with E-state index in [0.717, 1.165) is 11.6 Å². The van der Waals surface area contributed by atoms with Crippen LogP contribution in [0.5, 0.6) is 0 Å². The minimum absolute atomic E-state index is 0.195. The van der Waals surface area contributed by atoms with Crippen LogP contribution in [-0.2, 0) is 6.54 Å². The fraction of sp³-hybridized carbons (Fsp3) is 0.154. The van der Waals surface area contributed by atoms with E-state index in [0.29, 0.717) is 11.8 Å². The fourth-order valence-electron chi connectivity index (χ4n) is 1.47. The molecule has 1 N–H and O–H groups in total. The molecule has 0 atom stereocenters. The number of nitrogens with one attached hydrogen (secondary N) is 1. The van der Waals surface area contributed by atoms with Crippen molar-refractivity contribution in [2.24, 2.45) is 0 Å². The number of benzene rings is 1. The van der Waals surface area contributed by atoms with E-state index in [1.54, 1.807) is 12.3 Å². The molecule has 2 rings (SSSR count). The third-order valence-corrected chi connectivity index (χ3v) is 2.43. The summed E-state index contributed by atoms with van der Waals surface area (Å²) in [6.07, 6.45) is 1.67. The molecular formula is C13H11F3N2. The van der Waals surface area contributed by atoms with Gasteiger partial charge in [-0.05, 0) is 18.6 Å². The Morgan fingerprint density at radius 3 is 2.61 bits per heavy atom. The highest BCUT2D eigenvalue weighted by Gasteiger charge is 2.10. The standard InChI is InChI=1S/C13H11F3N2/c1-8-2-3-10(17-6-8)7-18-12-5-9(14)4-11(15)13(12)16/h2-6,18H,7H2,1H3. The van der Waals surface area contributed by atoms with Crippen molar-refractivity contribution in [3.05, 3.63) is 59.2 Å². The molecule has 0 fully saturated rings. The Hall–Kier alpha value is -2.04. The van der Waals surface area contributed by atoms with E-state index >= 15 is 0 Å². The van der Waals surface area contributed by atoms with Crippen LogP contribution in [0.25, 0.3) is 0 Å². The molecule has 18 heavy (non-hydrogen) atoms. The van der Waals surface area contributed by atoms with Crippen LogP contribution in [0.2, 0.25) is 0 Å². The van der Waals surface area contributed by atoms with Crippen LogP contribution < -0.4 is 5.32 Å². The van der Waals surface area contributed by atoms with Gasteiger partial charge in [0.15, 0.2) is 11.6 Å². The molecule has 1 heterocycles. The maximum Gasteiger partial charge on any atom is 0.182 e. The zero-order chi connectivity index (χ0) is 13.1. The Balaban J connectivity index is 2.13. The number of hydrogen-bond donors (Lipinski definition) is 1. The van der Waals surface area contributed by atoms with Gasteiger partial charge in [0.1, 0.15) is 5.82 Å². The van der Waals surface area contributed by atoms with Gasteiger partial charge in [-0.3, -0.25) is 4.98 Å². The lowest BCUT2D eigenvalue weighted by Gasteiger charge is -2.08. The predicted molar refractivity (Wildman–Crippen MR) is 62.6 cm³/mol. The number of aromatic nitrogens is 1. The highest BCUT2D eigenvalue weighted by Crippen LogP contribution is 2.19. The topological polar surface area (TPSA) is 24.9 Å². The summed E-state index contributed by atoms with van der Waals surface area (Å²) < 4.78 is 39.2. The van der Waals surface area contributed by atoms with Crippen molar-refractivity contribution in [2.75, 3.05) is 5.32 Å². The van der Waals surface area contributed by atoms with Gasteiger partial charge in [-0.15, -0.1) is 0 Å². The molecule has 0 aliphatic rings. The minimum atomic E-state index is -1.21. The van der Waals surface area contributed by atoms with E-state index < -0.39 is 17.5 Å². The van der Waals surface area contributed by atoms with Crippen molar-refractivity contribution in [3.8, 4) is 0 Å². The highest BCUT2D eigenvalue weighted by molar-refractivity contribution is 5.45. The van der Waals surface area contributed by atoms with Crippen molar-refractivity contribution in [2.45, 2.75) is 13.5 Å². The van der Waals surface area contributed by atoms with Crippen LogP contribution in [0.1, 0.15) is 11.3 Å². The molecule has 0 unspecified atom stereocenters. The highest BCUT2D eigenvalue weighted by atomic mass is 19.2. The normalized spacial score (nSPS) is 10.4. The average Bonchev–Trinajstić information content (AvgIpc) is 2.34. The lowest BCUT2D eigenvalue weighted by Crippen LogP contribution is -2.05. The van der Waals surface area contributed by atoms with E-state index in [4.69, 9.17) is 0 Å². The van der Waals surface area contributed by atoms with Gasteiger partial charge in [-0.1, -0.05) is 6.07 Å². The first-order valence-electron chi connectivity index (χ1n) is 5.36. The quantitative estimate of drug-likeness (QED) is 0.847. The van der Waals surface area contributed by atoms with Crippen LogP contribution >= 0.6 is 0 Å². The van der Waals surface area contributed by atoms with E-state index in [1.807, 2.05) is 13.0 Å². The number of nitrogens with zero attached hydrogens (tertiary/aromatic N) is 1. The number of anilines is 1. The van der Waals surface area contributed by atoms with Crippen LogP contribution in [-0.4, -0.2) is 4.98 Å². The Labute approximate surface area is 102 Å². The molecule has 1 aromatic heterocycles. The van der Waals surface area contributed by atoms with Crippen molar-refractivity contribution in [1.29, 1.82) is 0 Å². The number of halogens is 3. The summed E-state index contributed by atoms with van der Waals surface area (Å²) in [5.74, 6) is -3.13. The van der Waals surface area contributed by atoms with E-state index in [2.05, 4.69) is 10.3 Å². The largest absolute Gasteiger partial charge is 0.377 e. The maximum atomic E-state index is 13.3. The number of hydrogen-bond acceptors (Lipinski definition) is 2. The summed E-state index contributed by atoms with van der Waals surface area (Å²) in [7, 11) is 0. The fourth-order valence-corrected chi connectivity index (χ4v) is 1.47. The van der Waals surface area contributed by atoms with Crippen LogP contribution in [0.4, 0.5) is 18.9 Å². The molecule has 0 amide bonds. The smallest absolute Gasteiger partial charge is 0.182 e. The van der Waals surface area contributed by atoms with Crippen LogP contribution in [0.15, 0.2) is 30.5 Å². The second-order valence-corrected chi connectivity index (χ2v) is 3.93. The third kappa shape index (κ3) is 2.80. The Kier molecular flexibility index (Phi) is 3.50. The summed E-state index contributed by atoms with van der Waals surface area (Å²) in [4.78, 5) is 4.10. The third-order valence-electron chi connectivity index (χ3n) is 2.43. The van der Waals surface area contributed by atoms with Gasteiger partial charge in [0, 0.05) is 18.3 Å². The van der Waals surface area contributed by atoms with Crippen molar-refractivity contribution in [3.63, 3.8) is 0 Å². The number of aryl methyl sites for hydroxylation is 1. The van der Waals surface area contributed by atoms with E-state index in [9.17, 15) is 13.2 Å². The average molecular weight is 252 g/mol. The first-order valence-corrected chi connectivity index (χ1v) is 5.36. The molecule has 94 valence electrons. The van der Waals surface area contributed by atoms with Gasteiger partial charge in [-0.2, -0.15) is 0 Å². The molecule has 2 aromatic rings. The molecule has 0 radical (unpaired) electrons. The van der Waals surface area contributed by atoms with Crippen molar-refractivity contribution < 1.29 is 13.2 Å². The van der Waals surface area contributed by atoms with Crippen LogP contribution in [0.3, 0.4) is 0 Å². The summed E-state index contributed by atoms with van der Waals surface area (Å²) in [5, 5.41) is 2.61. The molecule has 0 aliphatic heterocycles. The minimum Gasteiger partial charge on any atom is -0.377 e. The van der Waals surface area contributed by atoms with Gasteiger partial charge in [0.2, 0.25) is 0 Å². The predicted octanol–water partition coefficient (Wildman–Crippen LogP) is 3.42. The molecule has 0 spiro atoms. The first-order chi connectivity index (χ1) is 8.56. The Morgan fingerprint density at radius 1 is 1.17 bits per heavy atom. The molecule has 2 nitrogen and oxygen atoms in total. The lowest BCUT2D eigenvalue weighted by atomic mass is 10.2. The zero-order valence-electron chi connectivity index (χ0n) is 9.67. The Morgan fingerprint density at radius 2 is 1.94 bits per heavy atom. The van der Waals surface area contributed by atoms with Crippen molar-refractivity contribution >= 4 is 5.69 Å². The maximum absolute atomic E-state index is 13.3. The van der Waals surface area contributed by atoms with Gasteiger partial charge in [0.05, 0.1) is 17.9 Å². The van der Waals surface area contributed by atoms with Crippen molar-refractivity contribution in [1.82, 2.24) is 4.98 Å². The zero-order valence-corrected chi connectivity index (χ0v) is 9.67. The van der Waals surface area contributed by atoms with E-state index in [-0.39, 0.29) is 12.2 Å². The molecular weight excluding hydrogens is 241 g/mol. The molecule has 0 aliphatic carbocycles. The van der Waals surface area contributed by atoms with Gasteiger partial charge < -0.3 is 5.32 Å². The number of rotatable bonds is 3. The summed E-state index contributed by atoms with van der Waals surface area (Å²) in [6.45, 7) is 2.09. The molecule has 0 saturated carbocycles. The second-order valence-electron chi connectivity index (χ2n) is 3.93. The Bertz CT molecular complexity index is 553. The second kappa shape index (κ2) is 5.08. The SMILES string of the molecule is Cc1ccc(CNc2cc(F)cc(F)c2F)nc1. The summed E-state index contributed by atoms with van der Waals surface area (Å²) in [5.41, 5.74) is 1.45. The summed E-state index contributed by atoms with van der Waals surface area (Å²) >= 11 is 0. The van der Waals surface area contributed by atoms with E-state index in [1.165, 1.54) is 0 Å². The molecule has 0 saturated heterocycles.